The van der Waals surface area contributed by atoms with Crippen LogP contribution in [0, 0.1) is 5.92 Å². The van der Waals surface area contributed by atoms with Gasteiger partial charge in [-0.25, -0.2) is 0 Å². The van der Waals surface area contributed by atoms with Crippen molar-refractivity contribution in [2.24, 2.45) is 5.92 Å². The summed E-state index contributed by atoms with van der Waals surface area (Å²) in [4.78, 5) is 5.11. The Morgan fingerprint density at radius 1 is 1.08 bits per heavy atom. The molecule has 2 rings (SSSR count). The number of hydrogen-bond acceptors (Lipinski definition) is 2. The van der Waals surface area contributed by atoms with E-state index in [-0.39, 0.29) is 0 Å². The highest BCUT2D eigenvalue weighted by Crippen LogP contribution is 2.25. The van der Waals surface area contributed by atoms with Gasteiger partial charge >= 0.3 is 0 Å². The average Bonchev–Trinajstić information content (AvgIpc) is 2.02. The fourth-order valence-electron chi connectivity index (χ4n) is 2.56. The standard InChI is InChI=1S/C11H22N2/c1-10(13-6-3-7-13)11-4-8-12(2)9-5-11/h10-11H,3-9H2,1-2H3. The highest BCUT2D eigenvalue weighted by molar-refractivity contribution is 4.83. The maximum absolute atomic E-state index is 2.65. The van der Waals surface area contributed by atoms with Crippen LogP contribution in [-0.2, 0) is 0 Å². The van der Waals surface area contributed by atoms with Gasteiger partial charge in [-0.2, -0.15) is 0 Å². The summed E-state index contributed by atoms with van der Waals surface area (Å²) >= 11 is 0. The fraction of sp³-hybridized carbons (Fsp3) is 1.00. The molecule has 0 aliphatic carbocycles. The third-order valence-corrected chi connectivity index (χ3v) is 3.91. The number of piperidine rings is 1. The lowest BCUT2D eigenvalue weighted by Crippen LogP contribution is -2.49. The summed E-state index contributed by atoms with van der Waals surface area (Å²) in [6, 6.07) is 0.849. The molecule has 2 heterocycles. The Kier molecular flexibility index (Phi) is 2.89. The molecule has 2 fully saturated rings. The van der Waals surface area contributed by atoms with Gasteiger partial charge in [-0.1, -0.05) is 0 Å². The van der Waals surface area contributed by atoms with Crippen molar-refractivity contribution in [3.63, 3.8) is 0 Å². The van der Waals surface area contributed by atoms with E-state index >= 15 is 0 Å². The lowest BCUT2D eigenvalue weighted by molar-refractivity contribution is 0.0612. The molecule has 2 heteroatoms. The van der Waals surface area contributed by atoms with Gasteiger partial charge in [0.25, 0.3) is 0 Å². The van der Waals surface area contributed by atoms with Gasteiger partial charge in [-0.15, -0.1) is 0 Å². The second-order valence-electron chi connectivity index (χ2n) is 4.77. The van der Waals surface area contributed by atoms with Crippen LogP contribution in [0.15, 0.2) is 0 Å². The zero-order valence-corrected chi connectivity index (χ0v) is 9.00. The molecular weight excluding hydrogens is 160 g/mol. The van der Waals surface area contributed by atoms with E-state index in [4.69, 9.17) is 0 Å². The van der Waals surface area contributed by atoms with Crippen LogP contribution in [0.5, 0.6) is 0 Å². The van der Waals surface area contributed by atoms with Crippen molar-refractivity contribution in [3.05, 3.63) is 0 Å². The maximum Gasteiger partial charge on any atom is 0.00961 e. The van der Waals surface area contributed by atoms with Crippen molar-refractivity contribution in [1.82, 2.24) is 9.80 Å². The van der Waals surface area contributed by atoms with Crippen LogP contribution < -0.4 is 0 Å². The van der Waals surface area contributed by atoms with Crippen LogP contribution in [0.3, 0.4) is 0 Å². The van der Waals surface area contributed by atoms with Gasteiger partial charge in [0.15, 0.2) is 0 Å². The molecule has 0 aromatic rings. The molecule has 1 unspecified atom stereocenters. The van der Waals surface area contributed by atoms with Gasteiger partial charge in [0.1, 0.15) is 0 Å². The Hall–Kier alpha value is -0.0800. The first-order valence-electron chi connectivity index (χ1n) is 5.70. The van der Waals surface area contributed by atoms with Crippen LogP contribution in [0.1, 0.15) is 26.2 Å². The van der Waals surface area contributed by atoms with Crippen LogP contribution in [0.25, 0.3) is 0 Å². The number of nitrogens with zero attached hydrogens (tertiary/aromatic N) is 2. The van der Waals surface area contributed by atoms with Gasteiger partial charge in [0.2, 0.25) is 0 Å². The third kappa shape index (κ3) is 2.05. The highest BCUT2D eigenvalue weighted by Gasteiger charge is 2.28. The average molecular weight is 182 g/mol. The number of hydrogen-bond donors (Lipinski definition) is 0. The summed E-state index contributed by atoms with van der Waals surface area (Å²) in [6.45, 7) is 7.75. The fourth-order valence-corrected chi connectivity index (χ4v) is 2.56. The Morgan fingerprint density at radius 3 is 2.15 bits per heavy atom. The normalized spacial score (nSPS) is 30.0. The second kappa shape index (κ2) is 3.97. The minimum Gasteiger partial charge on any atom is -0.306 e. The van der Waals surface area contributed by atoms with Crippen LogP contribution in [0.4, 0.5) is 0 Å². The van der Waals surface area contributed by atoms with Crippen molar-refractivity contribution in [3.8, 4) is 0 Å². The molecule has 2 aliphatic heterocycles. The van der Waals surface area contributed by atoms with Crippen molar-refractivity contribution < 1.29 is 0 Å². The molecule has 13 heavy (non-hydrogen) atoms. The summed E-state index contributed by atoms with van der Waals surface area (Å²) in [7, 11) is 2.24. The van der Waals surface area contributed by atoms with E-state index in [2.05, 4.69) is 23.8 Å². The quantitative estimate of drug-likeness (QED) is 0.637. The Labute approximate surface area is 81.9 Å². The molecule has 0 spiro atoms. The van der Waals surface area contributed by atoms with Gasteiger partial charge in [-0.05, 0) is 65.3 Å². The largest absolute Gasteiger partial charge is 0.306 e. The zero-order chi connectivity index (χ0) is 9.26. The molecule has 0 amide bonds. The number of likely N-dealkylation sites (tertiary alicyclic amines) is 2. The minimum atomic E-state index is 0.849. The molecule has 0 radical (unpaired) electrons. The van der Waals surface area contributed by atoms with Crippen molar-refractivity contribution in [2.75, 3.05) is 33.2 Å². The van der Waals surface area contributed by atoms with Gasteiger partial charge in [0.05, 0.1) is 0 Å². The zero-order valence-electron chi connectivity index (χ0n) is 9.00. The van der Waals surface area contributed by atoms with Gasteiger partial charge in [-0.3, -0.25) is 0 Å². The Bertz CT molecular complexity index is 157. The summed E-state index contributed by atoms with van der Waals surface area (Å²) in [5.74, 6) is 0.969. The number of rotatable bonds is 2. The lowest BCUT2D eigenvalue weighted by atomic mass is 9.88. The van der Waals surface area contributed by atoms with Gasteiger partial charge in [0, 0.05) is 6.04 Å². The molecule has 0 aromatic carbocycles. The first-order valence-corrected chi connectivity index (χ1v) is 5.70. The predicted molar refractivity (Wildman–Crippen MR) is 55.9 cm³/mol. The molecule has 0 bridgehead atoms. The molecule has 0 aromatic heterocycles. The SMILES string of the molecule is CC(C1CCN(C)CC1)N1CCC1. The van der Waals surface area contributed by atoms with E-state index in [0.29, 0.717) is 0 Å². The molecule has 76 valence electrons. The van der Waals surface area contributed by atoms with E-state index < -0.39 is 0 Å². The van der Waals surface area contributed by atoms with E-state index in [1.54, 1.807) is 0 Å². The second-order valence-corrected chi connectivity index (χ2v) is 4.77. The Balaban J connectivity index is 1.79. The summed E-state index contributed by atoms with van der Waals surface area (Å²) in [6.07, 6.45) is 4.25. The van der Waals surface area contributed by atoms with Crippen LogP contribution in [0.2, 0.25) is 0 Å². The van der Waals surface area contributed by atoms with E-state index in [9.17, 15) is 0 Å². The monoisotopic (exact) mass is 182 g/mol. The molecule has 0 N–H and O–H groups in total. The minimum absolute atomic E-state index is 0.849. The van der Waals surface area contributed by atoms with E-state index in [0.717, 1.165) is 12.0 Å². The highest BCUT2D eigenvalue weighted by atomic mass is 15.2. The molecule has 1 atom stereocenters. The lowest BCUT2D eigenvalue weighted by Gasteiger charge is -2.43. The summed E-state index contributed by atoms with van der Waals surface area (Å²) in [5, 5.41) is 0. The first kappa shape index (κ1) is 9.47. The van der Waals surface area contributed by atoms with Crippen LogP contribution in [-0.4, -0.2) is 49.1 Å². The third-order valence-electron chi connectivity index (χ3n) is 3.91. The van der Waals surface area contributed by atoms with Crippen molar-refractivity contribution in [2.45, 2.75) is 32.2 Å². The summed E-state index contributed by atoms with van der Waals surface area (Å²) in [5.41, 5.74) is 0. The first-order chi connectivity index (χ1) is 6.27. The maximum atomic E-state index is 2.65. The van der Waals surface area contributed by atoms with E-state index in [1.807, 2.05) is 0 Å². The molecule has 2 nitrogen and oxygen atoms in total. The predicted octanol–water partition coefficient (Wildman–Crippen LogP) is 1.42. The molecule has 2 aliphatic rings. The van der Waals surface area contributed by atoms with Gasteiger partial charge < -0.3 is 9.80 Å². The van der Waals surface area contributed by atoms with E-state index in [1.165, 1.54) is 45.4 Å². The van der Waals surface area contributed by atoms with Crippen LogP contribution >= 0.6 is 0 Å². The Morgan fingerprint density at radius 2 is 1.69 bits per heavy atom. The smallest absolute Gasteiger partial charge is 0.00961 e. The van der Waals surface area contributed by atoms with Crippen molar-refractivity contribution >= 4 is 0 Å². The molecular formula is C11H22N2. The summed E-state index contributed by atoms with van der Waals surface area (Å²) < 4.78 is 0. The topological polar surface area (TPSA) is 6.48 Å². The molecule has 2 saturated heterocycles. The van der Waals surface area contributed by atoms with Crippen molar-refractivity contribution in [1.29, 1.82) is 0 Å². The molecule has 0 saturated carbocycles.